The number of pyridine rings is 4. The van der Waals surface area contributed by atoms with Crippen LogP contribution in [0.1, 0.15) is 22.3 Å². The summed E-state index contributed by atoms with van der Waals surface area (Å²) in [5.74, 6) is 0. The summed E-state index contributed by atoms with van der Waals surface area (Å²) in [6.45, 7) is 3.42. The van der Waals surface area contributed by atoms with Crippen LogP contribution < -0.4 is 92.8 Å². The maximum absolute atomic E-state index is 8.49. The maximum atomic E-state index is 8.49. The lowest BCUT2D eigenvalue weighted by atomic mass is 10.1. The van der Waals surface area contributed by atoms with Crippen molar-refractivity contribution in [3.05, 3.63) is 169 Å². The van der Waals surface area contributed by atoms with Crippen molar-refractivity contribution in [3.63, 3.8) is 0 Å². The molecule has 2 aromatic carbocycles. The molecule has 24 heteroatoms. The van der Waals surface area contributed by atoms with Crippen molar-refractivity contribution >= 4 is 0 Å². The molecule has 20 nitrogen and oxygen atoms in total. The summed E-state index contributed by atoms with van der Waals surface area (Å²) in [7, 11) is -19.8. The van der Waals surface area contributed by atoms with Crippen LogP contribution in [-0.4, -0.2) is 0 Å². The summed E-state index contributed by atoms with van der Waals surface area (Å²) in [6, 6.07) is 35.5. The lowest BCUT2D eigenvalue weighted by Gasteiger charge is -2.17. The Hall–Kier alpha value is -4.44. The van der Waals surface area contributed by atoms with E-state index in [0.717, 1.165) is 26.2 Å². The van der Waals surface area contributed by atoms with E-state index in [4.69, 9.17) is 74.5 Å². The van der Waals surface area contributed by atoms with E-state index >= 15 is 0 Å². The lowest BCUT2D eigenvalue weighted by Crippen LogP contribution is -2.68. The molecule has 12 bridgehead atoms. The Bertz CT molecular complexity index is 1830. The van der Waals surface area contributed by atoms with E-state index in [-0.39, 0.29) is 0 Å². The van der Waals surface area contributed by atoms with Gasteiger partial charge in [0, 0.05) is 70.8 Å². The summed E-state index contributed by atoms with van der Waals surface area (Å²) in [5, 5.41) is 0. The lowest BCUT2D eigenvalue weighted by molar-refractivity contribution is -2.00. The van der Waals surface area contributed by atoms with E-state index < -0.39 is 41.0 Å². The molecule has 0 atom stereocenters. The molecule has 6 aromatic rings. The van der Waals surface area contributed by atoms with Crippen LogP contribution in [0.3, 0.4) is 0 Å². The Morgan fingerprint density at radius 2 is 0.350 bits per heavy atom. The molecule has 20 heterocycles. The smallest absolute Gasteiger partial charge is 0.173 e. The van der Waals surface area contributed by atoms with Crippen LogP contribution >= 0.6 is 0 Å². The van der Waals surface area contributed by atoms with E-state index in [1.165, 1.54) is 44.5 Å². The number of hydrogen-bond donors (Lipinski definition) is 0. The van der Waals surface area contributed by atoms with Crippen LogP contribution in [0, 0.1) is 41.0 Å². The summed E-state index contributed by atoms with van der Waals surface area (Å²) in [6.07, 6.45) is 17.4. The van der Waals surface area contributed by atoms with E-state index in [1.807, 2.05) is 0 Å². The normalized spacial score (nSPS) is 12.4. The molecule has 16 aliphatic heterocycles. The molecular weight excluding hydrogens is 886 g/mol. The van der Waals surface area contributed by atoms with Crippen molar-refractivity contribution in [1.82, 2.24) is 0 Å². The molecular formula is C36H32Cl4N4O16. The Morgan fingerprint density at radius 3 is 0.467 bits per heavy atom. The molecule has 0 saturated heterocycles. The van der Waals surface area contributed by atoms with E-state index in [0.29, 0.717) is 0 Å². The molecule has 0 saturated carbocycles. The zero-order chi connectivity index (χ0) is 44.7. The highest BCUT2D eigenvalue weighted by atomic mass is 35.7. The first-order chi connectivity index (χ1) is 27.7. The van der Waals surface area contributed by atoms with Crippen molar-refractivity contribution in [1.29, 1.82) is 0 Å². The molecule has 0 radical (unpaired) electrons. The number of benzene rings is 2. The fourth-order valence-corrected chi connectivity index (χ4v) is 5.36. The molecule has 0 N–H and O–H groups in total. The molecule has 0 aliphatic carbocycles. The van der Waals surface area contributed by atoms with E-state index in [1.54, 1.807) is 0 Å². The van der Waals surface area contributed by atoms with Gasteiger partial charge >= 0.3 is 0 Å². The number of hydrogen-bond acceptors (Lipinski definition) is 16. The van der Waals surface area contributed by atoms with Gasteiger partial charge in [0.2, 0.25) is 0 Å². The summed E-state index contributed by atoms with van der Waals surface area (Å²) < 4.78 is 145. The third-order valence-electron chi connectivity index (χ3n) is 7.74. The quantitative estimate of drug-likeness (QED) is 0.127. The maximum Gasteiger partial charge on any atom is 0.173 e. The molecule has 16 aliphatic rings. The van der Waals surface area contributed by atoms with Crippen molar-refractivity contribution in [2.24, 2.45) is 0 Å². The Balaban J connectivity index is 0.000000402. The number of rotatable bonds is 0. The molecule has 60 heavy (non-hydrogen) atoms. The molecule has 0 spiro atoms. The molecule has 0 unspecified atom stereocenters. The Labute approximate surface area is 349 Å². The fourth-order valence-electron chi connectivity index (χ4n) is 5.36. The highest BCUT2D eigenvalue weighted by Crippen LogP contribution is 2.18. The van der Waals surface area contributed by atoms with Crippen LogP contribution in [0.2, 0.25) is 0 Å². The van der Waals surface area contributed by atoms with Gasteiger partial charge in [-0.05, 0) is 22.3 Å². The van der Waals surface area contributed by atoms with Gasteiger partial charge in [0.15, 0.2) is 75.8 Å². The van der Waals surface area contributed by atoms with Gasteiger partial charge in [0.25, 0.3) is 0 Å². The van der Waals surface area contributed by atoms with Gasteiger partial charge < -0.3 is 0 Å². The monoisotopic (exact) mass is 916 g/mol. The van der Waals surface area contributed by atoms with Gasteiger partial charge in [-0.2, -0.15) is 0 Å². The molecule has 22 rings (SSSR count). The first-order valence-corrected chi connectivity index (χ1v) is 21.3. The van der Waals surface area contributed by atoms with Crippen molar-refractivity contribution < 1.29 is 134 Å². The number of aromatic nitrogens is 4. The predicted molar refractivity (Wildman–Crippen MR) is 154 cm³/mol. The zero-order valence-corrected chi connectivity index (χ0v) is 33.5. The highest BCUT2D eigenvalue weighted by molar-refractivity contribution is 5.61. The second kappa shape index (κ2) is 22.4. The predicted octanol–water partition coefficient (Wildman–Crippen LogP) is -14.3. The number of nitrogens with zero attached hydrogens (tertiary/aromatic N) is 4. The minimum absolute atomic E-state index is 0.854. The zero-order valence-electron chi connectivity index (χ0n) is 30.5. The summed E-state index contributed by atoms with van der Waals surface area (Å²) >= 11 is 0. The van der Waals surface area contributed by atoms with E-state index in [9.17, 15) is 0 Å². The minimum atomic E-state index is -4.94. The average Bonchev–Trinajstić information content (AvgIpc) is 3.12. The molecule has 0 fully saturated rings. The van der Waals surface area contributed by atoms with Gasteiger partial charge in [-0.25, -0.2) is 92.8 Å². The van der Waals surface area contributed by atoms with E-state index in [2.05, 4.69) is 165 Å². The van der Waals surface area contributed by atoms with Crippen LogP contribution in [0.5, 0.6) is 0 Å². The van der Waals surface area contributed by atoms with Gasteiger partial charge in [0.05, 0.1) is 0 Å². The first kappa shape index (κ1) is 49.9. The standard InChI is InChI=1S/C36H32N4.4ClHO4/c1-2-30-4-3-29(1)25-37-17-9-33(10-18-37)35-13-21-39(22-14-35)27-31-5-7-32(8-6-31)28-40-23-15-36(16-24-40)34-11-19-38(26-30)20-12-34;4*2-1(3,4)5/h1-24H,25-28H2;4*(H,2,3,4,5)/q+4;;;;/p-4. The van der Waals surface area contributed by atoms with Crippen molar-refractivity contribution in [3.8, 4) is 22.3 Å². The third kappa shape index (κ3) is 23.4. The fraction of sp³-hybridized carbons (Fsp3) is 0.111. The van der Waals surface area contributed by atoms with Gasteiger partial charge in [-0.3, -0.25) is 0 Å². The van der Waals surface area contributed by atoms with Crippen molar-refractivity contribution in [2.45, 2.75) is 26.2 Å². The largest absolute Gasteiger partial charge is 0.222 e. The second-order valence-electron chi connectivity index (χ2n) is 12.2. The Morgan fingerprint density at radius 1 is 0.233 bits per heavy atom. The van der Waals surface area contributed by atoms with Gasteiger partial charge in [-0.15, -0.1) is 41.0 Å². The van der Waals surface area contributed by atoms with Crippen molar-refractivity contribution in [2.75, 3.05) is 0 Å². The Kier molecular flexibility index (Phi) is 18.6. The van der Waals surface area contributed by atoms with Gasteiger partial charge in [0.1, 0.15) is 0 Å². The van der Waals surface area contributed by atoms with Crippen LogP contribution in [0.15, 0.2) is 147 Å². The van der Waals surface area contributed by atoms with Gasteiger partial charge in [-0.1, -0.05) is 48.5 Å². The second-order valence-corrected chi connectivity index (χ2v) is 15.2. The third-order valence-corrected chi connectivity index (χ3v) is 7.74. The molecule has 320 valence electrons. The van der Waals surface area contributed by atoms with Crippen LogP contribution in [0.25, 0.3) is 22.3 Å². The SMILES string of the molecule is [O-][Cl+3]([O-])([O-])[O-].[O-][Cl+3]([O-])([O-])[O-].[O-][Cl+3]([O-])([O-])[O-].[O-][Cl+3]([O-])([O-])[O-].c1cc2ccc1C[n+]1ccc(cc1)-c1cc[n+](cc1)Cc1ccc(cc1)C[n+]1ccc(cc1)-c1cc[n+](cc1)C2. The molecule has 0 amide bonds. The first-order valence-electron chi connectivity index (χ1n) is 16.3. The summed E-state index contributed by atoms with van der Waals surface area (Å²) in [5.41, 5.74) is 10.1. The topological polar surface area (TPSA) is 384 Å². The van der Waals surface area contributed by atoms with Crippen LogP contribution in [0.4, 0.5) is 0 Å². The summed E-state index contributed by atoms with van der Waals surface area (Å²) in [4.78, 5) is 0. The molecule has 4 aromatic heterocycles. The minimum Gasteiger partial charge on any atom is -0.222 e. The number of halogens is 4. The average molecular weight is 918 g/mol. The van der Waals surface area contributed by atoms with Crippen LogP contribution in [-0.2, 0) is 26.2 Å². The highest BCUT2D eigenvalue weighted by Gasteiger charge is 2.11.